The Kier molecular flexibility index (Phi) is 3.18. The van der Waals surface area contributed by atoms with Crippen LogP contribution in [0.2, 0.25) is 0 Å². The summed E-state index contributed by atoms with van der Waals surface area (Å²) in [6, 6.07) is -0.0592. The smallest absolute Gasteiger partial charge is 0.320 e. The minimum Gasteiger partial charge on any atom is -0.325 e. The van der Waals surface area contributed by atoms with E-state index < -0.39 is 0 Å². The van der Waals surface area contributed by atoms with E-state index in [1.807, 2.05) is 11.8 Å². The first-order valence-corrected chi connectivity index (χ1v) is 4.64. The van der Waals surface area contributed by atoms with E-state index in [2.05, 4.69) is 5.92 Å². The number of amides is 2. The van der Waals surface area contributed by atoms with Gasteiger partial charge in [-0.3, -0.25) is 0 Å². The second-order valence-corrected chi connectivity index (χ2v) is 3.43. The third-order valence-corrected chi connectivity index (χ3v) is 2.50. The molecule has 1 aliphatic rings. The number of urea groups is 1. The van der Waals surface area contributed by atoms with Crippen LogP contribution in [-0.2, 0) is 0 Å². The summed E-state index contributed by atoms with van der Waals surface area (Å²) in [4.78, 5) is 15.2. The van der Waals surface area contributed by atoms with Crippen molar-refractivity contribution >= 4 is 6.03 Å². The van der Waals surface area contributed by atoms with Gasteiger partial charge in [-0.15, -0.1) is 6.42 Å². The molecule has 1 rings (SSSR count). The van der Waals surface area contributed by atoms with Crippen molar-refractivity contribution in [2.45, 2.75) is 25.8 Å². The van der Waals surface area contributed by atoms with Crippen LogP contribution in [0.15, 0.2) is 0 Å². The van der Waals surface area contributed by atoms with Crippen molar-refractivity contribution < 1.29 is 4.79 Å². The zero-order chi connectivity index (χ0) is 9.84. The standard InChI is InChI=1S/C10H16N2O/c1-4-9(2)11(3)10(13)12-7-5-6-8-12/h1,9H,5-8H2,2-3H3. The number of carbonyl (C=O) groups excluding carboxylic acids is 1. The number of carbonyl (C=O) groups is 1. The summed E-state index contributed by atoms with van der Waals surface area (Å²) in [6.07, 6.45) is 7.48. The van der Waals surface area contributed by atoms with Gasteiger partial charge in [0, 0.05) is 20.1 Å². The summed E-state index contributed by atoms with van der Waals surface area (Å²) in [7, 11) is 1.76. The quantitative estimate of drug-likeness (QED) is 0.555. The van der Waals surface area contributed by atoms with Crippen LogP contribution in [0.25, 0.3) is 0 Å². The highest BCUT2D eigenvalue weighted by Gasteiger charge is 2.23. The van der Waals surface area contributed by atoms with Gasteiger partial charge in [-0.1, -0.05) is 5.92 Å². The fourth-order valence-electron chi connectivity index (χ4n) is 1.41. The van der Waals surface area contributed by atoms with Gasteiger partial charge in [0.15, 0.2) is 0 Å². The molecule has 3 heteroatoms. The van der Waals surface area contributed by atoms with E-state index in [1.54, 1.807) is 11.9 Å². The molecular weight excluding hydrogens is 164 g/mol. The lowest BCUT2D eigenvalue weighted by atomic mass is 10.3. The van der Waals surface area contributed by atoms with E-state index in [9.17, 15) is 4.79 Å². The molecule has 0 N–H and O–H groups in total. The molecule has 3 nitrogen and oxygen atoms in total. The van der Waals surface area contributed by atoms with Gasteiger partial charge < -0.3 is 9.80 Å². The van der Waals surface area contributed by atoms with Crippen LogP contribution < -0.4 is 0 Å². The first-order valence-electron chi connectivity index (χ1n) is 4.64. The topological polar surface area (TPSA) is 23.6 Å². The third-order valence-electron chi connectivity index (χ3n) is 2.50. The molecule has 0 aromatic rings. The minimum atomic E-state index is -0.118. The summed E-state index contributed by atoms with van der Waals surface area (Å²) < 4.78 is 0. The minimum absolute atomic E-state index is 0.0583. The number of likely N-dealkylation sites (tertiary alicyclic amines) is 1. The summed E-state index contributed by atoms with van der Waals surface area (Å²) >= 11 is 0. The molecule has 1 heterocycles. The molecule has 0 aromatic heterocycles. The average Bonchev–Trinajstić information content (AvgIpc) is 2.67. The zero-order valence-electron chi connectivity index (χ0n) is 8.29. The maximum absolute atomic E-state index is 11.7. The molecule has 1 unspecified atom stereocenters. The molecule has 0 spiro atoms. The second-order valence-electron chi connectivity index (χ2n) is 3.43. The fraction of sp³-hybridized carbons (Fsp3) is 0.700. The van der Waals surface area contributed by atoms with Crippen LogP contribution in [0.1, 0.15) is 19.8 Å². The first kappa shape index (κ1) is 9.91. The fourth-order valence-corrected chi connectivity index (χ4v) is 1.41. The molecule has 1 atom stereocenters. The molecule has 72 valence electrons. The maximum atomic E-state index is 11.7. The Morgan fingerprint density at radius 3 is 2.54 bits per heavy atom. The van der Waals surface area contributed by atoms with E-state index in [4.69, 9.17) is 6.42 Å². The third kappa shape index (κ3) is 2.15. The van der Waals surface area contributed by atoms with Crippen LogP contribution in [-0.4, -0.2) is 42.0 Å². The van der Waals surface area contributed by atoms with E-state index in [0.717, 1.165) is 25.9 Å². The molecule has 1 saturated heterocycles. The van der Waals surface area contributed by atoms with Gasteiger partial charge >= 0.3 is 6.03 Å². The van der Waals surface area contributed by atoms with E-state index >= 15 is 0 Å². The molecule has 0 aromatic carbocycles. The first-order chi connectivity index (χ1) is 6.16. The Hall–Kier alpha value is -1.17. The zero-order valence-corrected chi connectivity index (χ0v) is 8.29. The summed E-state index contributed by atoms with van der Waals surface area (Å²) in [5.74, 6) is 2.55. The Morgan fingerprint density at radius 2 is 2.08 bits per heavy atom. The van der Waals surface area contributed by atoms with Crippen molar-refractivity contribution in [2.75, 3.05) is 20.1 Å². The summed E-state index contributed by atoms with van der Waals surface area (Å²) in [6.45, 7) is 3.61. The number of hydrogen-bond donors (Lipinski definition) is 0. The van der Waals surface area contributed by atoms with Gasteiger partial charge in [-0.05, 0) is 19.8 Å². The molecule has 1 fully saturated rings. The van der Waals surface area contributed by atoms with Crippen LogP contribution in [0, 0.1) is 12.3 Å². The summed E-state index contributed by atoms with van der Waals surface area (Å²) in [5, 5.41) is 0. The highest BCUT2D eigenvalue weighted by molar-refractivity contribution is 5.75. The Labute approximate surface area is 79.7 Å². The van der Waals surface area contributed by atoms with E-state index in [0.29, 0.717) is 0 Å². The molecule has 13 heavy (non-hydrogen) atoms. The van der Waals surface area contributed by atoms with Gasteiger partial charge in [-0.25, -0.2) is 4.79 Å². The van der Waals surface area contributed by atoms with Gasteiger partial charge in [-0.2, -0.15) is 0 Å². The van der Waals surface area contributed by atoms with E-state index in [-0.39, 0.29) is 12.1 Å². The maximum Gasteiger partial charge on any atom is 0.320 e. The second kappa shape index (κ2) is 4.18. The van der Waals surface area contributed by atoms with Gasteiger partial charge in [0.2, 0.25) is 0 Å². The molecular formula is C10H16N2O. The van der Waals surface area contributed by atoms with E-state index in [1.165, 1.54) is 0 Å². The molecule has 2 amide bonds. The normalized spacial score (nSPS) is 18.1. The van der Waals surface area contributed by atoms with Crippen molar-refractivity contribution in [2.24, 2.45) is 0 Å². The monoisotopic (exact) mass is 180 g/mol. The van der Waals surface area contributed by atoms with Crippen LogP contribution in [0.3, 0.4) is 0 Å². The number of terminal acetylenes is 1. The lowest BCUT2D eigenvalue weighted by Gasteiger charge is -2.26. The van der Waals surface area contributed by atoms with Crippen molar-refractivity contribution in [1.29, 1.82) is 0 Å². The lowest BCUT2D eigenvalue weighted by Crippen LogP contribution is -2.43. The van der Waals surface area contributed by atoms with Crippen LogP contribution in [0.5, 0.6) is 0 Å². The van der Waals surface area contributed by atoms with Crippen molar-refractivity contribution in [1.82, 2.24) is 9.80 Å². The SMILES string of the molecule is C#CC(C)N(C)C(=O)N1CCCC1. The van der Waals surface area contributed by atoms with Crippen LogP contribution in [0.4, 0.5) is 4.79 Å². The van der Waals surface area contributed by atoms with Gasteiger partial charge in [0.1, 0.15) is 0 Å². The predicted molar refractivity (Wildman–Crippen MR) is 52.3 cm³/mol. The Bertz CT molecular complexity index is 226. The largest absolute Gasteiger partial charge is 0.325 e. The average molecular weight is 180 g/mol. The summed E-state index contributed by atoms with van der Waals surface area (Å²) in [5.41, 5.74) is 0. The number of nitrogens with zero attached hydrogens (tertiary/aromatic N) is 2. The number of rotatable bonds is 1. The van der Waals surface area contributed by atoms with Crippen LogP contribution >= 0.6 is 0 Å². The molecule has 0 aliphatic carbocycles. The van der Waals surface area contributed by atoms with Gasteiger partial charge in [0.05, 0.1) is 6.04 Å². The van der Waals surface area contributed by atoms with Crippen molar-refractivity contribution in [3.05, 3.63) is 0 Å². The predicted octanol–water partition coefficient (Wildman–Crippen LogP) is 1.16. The highest BCUT2D eigenvalue weighted by atomic mass is 16.2. The Balaban J connectivity index is 2.51. The number of hydrogen-bond acceptors (Lipinski definition) is 1. The molecule has 0 saturated carbocycles. The van der Waals surface area contributed by atoms with Gasteiger partial charge in [0.25, 0.3) is 0 Å². The molecule has 0 bridgehead atoms. The van der Waals surface area contributed by atoms with Crippen molar-refractivity contribution in [3.63, 3.8) is 0 Å². The Morgan fingerprint density at radius 1 is 1.54 bits per heavy atom. The lowest BCUT2D eigenvalue weighted by molar-refractivity contribution is 0.168. The highest BCUT2D eigenvalue weighted by Crippen LogP contribution is 2.10. The van der Waals surface area contributed by atoms with Crippen molar-refractivity contribution in [3.8, 4) is 12.3 Å². The molecule has 1 aliphatic heterocycles. The molecule has 0 radical (unpaired) electrons.